The van der Waals surface area contributed by atoms with Crippen molar-refractivity contribution in [3.05, 3.63) is 76.1 Å². The molecule has 4 fully saturated rings. The van der Waals surface area contributed by atoms with Crippen LogP contribution in [-0.2, 0) is 17.8 Å². The van der Waals surface area contributed by atoms with Gasteiger partial charge in [-0.05, 0) is 99.0 Å². The Morgan fingerprint density at radius 1 is 0.934 bits per heavy atom. The van der Waals surface area contributed by atoms with Crippen LogP contribution in [0.2, 0.25) is 5.02 Å². The van der Waals surface area contributed by atoms with Crippen molar-refractivity contribution in [2.24, 2.45) is 17.1 Å². The van der Waals surface area contributed by atoms with Crippen LogP contribution in [0.5, 0.6) is 0 Å². The molecule has 5 amide bonds. The number of carbonyl (C=O) groups is 4. The number of amides is 5. The highest BCUT2D eigenvalue weighted by Crippen LogP contribution is 2.44. The number of primary amides is 1. The van der Waals surface area contributed by atoms with Gasteiger partial charge in [0, 0.05) is 76.0 Å². The van der Waals surface area contributed by atoms with Crippen molar-refractivity contribution in [2.75, 3.05) is 81.1 Å². The molecule has 5 aliphatic rings. The first kappa shape index (κ1) is 41.0. The zero-order valence-electron chi connectivity index (χ0n) is 34.1. The summed E-state index contributed by atoms with van der Waals surface area (Å²) in [5, 5.41) is 10.5. The highest BCUT2D eigenvalue weighted by atomic mass is 35.5. The molecule has 0 radical (unpaired) electrons. The van der Waals surface area contributed by atoms with E-state index in [9.17, 15) is 19.2 Å². The van der Waals surface area contributed by atoms with E-state index in [1.54, 1.807) is 25.2 Å². The molecule has 4 saturated heterocycles. The van der Waals surface area contributed by atoms with Crippen LogP contribution in [0.3, 0.4) is 0 Å². The van der Waals surface area contributed by atoms with Gasteiger partial charge < -0.3 is 25.8 Å². The number of likely N-dealkylation sites (tertiary alicyclic amines) is 3. The van der Waals surface area contributed by atoms with Crippen molar-refractivity contribution in [2.45, 2.75) is 57.4 Å². The molecule has 5 aliphatic heterocycles. The Kier molecular flexibility index (Phi) is 10.8. The zero-order chi connectivity index (χ0) is 42.6. The topological polar surface area (TPSA) is 165 Å². The van der Waals surface area contributed by atoms with Gasteiger partial charge in [0.1, 0.15) is 5.69 Å². The third kappa shape index (κ3) is 7.87. The van der Waals surface area contributed by atoms with E-state index in [2.05, 4.69) is 25.4 Å². The van der Waals surface area contributed by atoms with Crippen molar-refractivity contribution < 1.29 is 28.0 Å². The van der Waals surface area contributed by atoms with Crippen LogP contribution in [-0.4, -0.2) is 125 Å². The smallest absolute Gasteiger partial charge is 0.328 e. The van der Waals surface area contributed by atoms with Gasteiger partial charge in [-0.1, -0.05) is 23.7 Å². The molecule has 15 nitrogen and oxygen atoms in total. The second-order valence-electron chi connectivity index (χ2n) is 17.2. The fourth-order valence-corrected chi connectivity index (χ4v) is 10.2. The van der Waals surface area contributed by atoms with Gasteiger partial charge >= 0.3 is 6.03 Å². The van der Waals surface area contributed by atoms with Gasteiger partial charge in [0.05, 0.1) is 29.1 Å². The number of hydrogen-bond donors (Lipinski definition) is 3. The number of nitrogens with one attached hydrogen (secondary N) is 2. The van der Waals surface area contributed by atoms with Crippen molar-refractivity contribution >= 4 is 63.9 Å². The molecule has 0 aliphatic carbocycles. The monoisotopic (exact) mass is 857 g/mol. The number of aromatic nitrogens is 3. The summed E-state index contributed by atoms with van der Waals surface area (Å²) in [6.45, 7) is 4.68. The summed E-state index contributed by atoms with van der Waals surface area (Å²) in [4.78, 5) is 63.5. The van der Waals surface area contributed by atoms with Gasteiger partial charge in [0.25, 0.3) is 17.7 Å². The minimum absolute atomic E-state index is 0.0815. The second-order valence-corrected chi connectivity index (χ2v) is 17.6. The SMILES string of the molecule is CNc1cc(N2CCc3c(CN4CCC(CN5CCC6(CC5)CCN(C(=O)c5ccc(Cl)c(N7CCC(=O)NC7=O)c5)CC6)C(F)(F)C4)cccc32)nn2c(C(N)=O)cnc12. The Morgan fingerprint density at radius 2 is 1.69 bits per heavy atom. The Labute approximate surface area is 357 Å². The molecule has 4 aromatic rings. The summed E-state index contributed by atoms with van der Waals surface area (Å²) >= 11 is 6.41. The molecule has 1 atom stereocenters. The molecule has 0 saturated carbocycles. The molecule has 322 valence electrons. The highest BCUT2D eigenvalue weighted by molar-refractivity contribution is 6.34. The second kappa shape index (κ2) is 16.1. The summed E-state index contributed by atoms with van der Waals surface area (Å²) in [5.41, 5.74) is 11.0. The number of imide groups is 1. The first-order chi connectivity index (χ1) is 29.3. The van der Waals surface area contributed by atoms with Gasteiger partial charge in [0.15, 0.2) is 11.5 Å². The number of nitrogens with zero attached hydrogens (tertiary/aromatic N) is 8. The predicted molar refractivity (Wildman–Crippen MR) is 227 cm³/mol. The number of urea groups is 1. The highest BCUT2D eigenvalue weighted by Gasteiger charge is 2.46. The molecule has 4 N–H and O–H groups in total. The lowest BCUT2D eigenvalue weighted by Gasteiger charge is -2.48. The summed E-state index contributed by atoms with van der Waals surface area (Å²) in [6, 6.07) is 12.2. The lowest BCUT2D eigenvalue weighted by molar-refractivity contribution is -0.123. The number of imidazole rings is 1. The summed E-state index contributed by atoms with van der Waals surface area (Å²) < 4.78 is 33.4. The minimum Gasteiger partial charge on any atom is -0.385 e. The lowest BCUT2D eigenvalue weighted by Crippen LogP contribution is -2.53. The molecule has 0 bridgehead atoms. The first-order valence-electron chi connectivity index (χ1n) is 21.1. The van der Waals surface area contributed by atoms with Crippen molar-refractivity contribution in [1.82, 2.24) is 34.6 Å². The minimum atomic E-state index is -2.83. The van der Waals surface area contributed by atoms with Crippen LogP contribution in [0.25, 0.3) is 5.65 Å². The summed E-state index contributed by atoms with van der Waals surface area (Å²) in [5.74, 6) is -4.02. The molecule has 2 aromatic heterocycles. The first-order valence-corrected chi connectivity index (χ1v) is 21.5. The maximum Gasteiger partial charge on any atom is 0.328 e. The number of alkyl halides is 2. The van der Waals surface area contributed by atoms with E-state index in [1.807, 2.05) is 34.1 Å². The number of carbonyl (C=O) groups excluding carboxylic acids is 4. The zero-order valence-corrected chi connectivity index (χ0v) is 34.9. The lowest BCUT2D eigenvalue weighted by atomic mass is 9.71. The average Bonchev–Trinajstić information content (AvgIpc) is 3.88. The molecule has 61 heavy (non-hydrogen) atoms. The van der Waals surface area contributed by atoms with Gasteiger partial charge in [0.2, 0.25) is 5.91 Å². The number of hydrogen-bond acceptors (Lipinski definition) is 10. The number of benzene rings is 2. The molecule has 7 heterocycles. The number of nitrogens with two attached hydrogens (primary N) is 1. The van der Waals surface area contributed by atoms with Gasteiger partial charge in [-0.3, -0.25) is 29.5 Å². The fraction of sp³-hybridized carbons (Fsp3) is 0.488. The normalized spacial score (nSPS) is 21.8. The van der Waals surface area contributed by atoms with Crippen LogP contribution in [0.4, 0.5) is 36.5 Å². The van der Waals surface area contributed by atoms with E-state index in [1.165, 1.54) is 15.6 Å². The van der Waals surface area contributed by atoms with Crippen LogP contribution in [0.15, 0.2) is 48.7 Å². The molecular formula is C43H50ClF2N11O4. The third-order valence-corrected chi connectivity index (χ3v) is 14.0. The Hall–Kier alpha value is -5.39. The van der Waals surface area contributed by atoms with Crippen LogP contribution >= 0.6 is 11.6 Å². The maximum absolute atomic E-state index is 16.0. The maximum atomic E-state index is 16.0. The number of rotatable bonds is 9. The number of anilines is 4. The Bertz CT molecular complexity index is 2390. The van der Waals surface area contributed by atoms with Crippen LogP contribution in [0.1, 0.15) is 70.5 Å². The Morgan fingerprint density at radius 3 is 2.41 bits per heavy atom. The van der Waals surface area contributed by atoms with Crippen LogP contribution in [0, 0.1) is 11.3 Å². The molecule has 18 heteroatoms. The van der Waals surface area contributed by atoms with Crippen LogP contribution < -0.4 is 26.2 Å². The van der Waals surface area contributed by atoms with Gasteiger partial charge in [-0.2, -0.15) is 0 Å². The number of fused-ring (bicyclic) bond motifs is 2. The molecule has 2 aromatic carbocycles. The molecule has 1 unspecified atom stereocenters. The van der Waals surface area contributed by atoms with Gasteiger partial charge in [-0.15, -0.1) is 5.10 Å². The number of piperidine rings is 3. The van der Waals surface area contributed by atoms with Gasteiger partial charge in [-0.25, -0.2) is 23.1 Å². The van der Waals surface area contributed by atoms with E-state index in [0.717, 1.165) is 62.0 Å². The quantitative estimate of drug-likeness (QED) is 0.206. The van der Waals surface area contributed by atoms with Crippen molar-refractivity contribution in [3.8, 4) is 0 Å². The van der Waals surface area contributed by atoms with Crippen molar-refractivity contribution in [3.63, 3.8) is 0 Å². The van der Waals surface area contributed by atoms with E-state index in [-0.39, 0.29) is 42.4 Å². The fourth-order valence-electron chi connectivity index (χ4n) is 10.0. The van der Waals surface area contributed by atoms with E-state index < -0.39 is 23.8 Å². The number of halogens is 3. The molecular weight excluding hydrogens is 808 g/mol. The largest absolute Gasteiger partial charge is 0.385 e. The van der Waals surface area contributed by atoms with E-state index in [4.69, 9.17) is 22.4 Å². The standard InChI is InChI=1S/C43H50ClF2N11O4/c1-48-32-22-36(51-57-35(38(47)59)23-49-39(32)57)55-15-8-30-28(3-2-4-33(30)55)24-53-14-7-29(43(45,46)26-53)25-52-17-10-42(11-18-52)12-19-54(20-13-42)40(60)27-5-6-31(44)34(21-27)56-16-9-37(58)50-41(56)61/h2-6,21-23,29,48H,7-20,24-26H2,1H3,(H2,47,59)(H,50,58,61). The summed E-state index contributed by atoms with van der Waals surface area (Å²) in [6.07, 6.45) is 6.25. The third-order valence-electron chi connectivity index (χ3n) is 13.6. The molecule has 9 rings (SSSR count). The van der Waals surface area contributed by atoms with Crippen molar-refractivity contribution in [1.29, 1.82) is 0 Å². The average molecular weight is 858 g/mol. The Balaban J connectivity index is 0.776. The molecule has 1 spiro atoms. The predicted octanol–water partition coefficient (Wildman–Crippen LogP) is 5.14. The van der Waals surface area contributed by atoms with E-state index in [0.29, 0.717) is 79.1 Å². The van der Waals surface area contributed by atoms with E-state index >= 15 is 8.78 Å². The summed E-state index contributed by atoms with van der Waals surface area (Å²) in [7, 11) is 1.78.